The van der Waals surface area contributed by atoms with Crippen molar-refractivity contribution in [1.82, 2.24) is 19.3 Å². The summed E-state index contributed by atoms with van der Waals surface area (Å²) in [5.41, 5.74) is 3.29. The van der Waals surface area contributed by atoms with Crippen LogP contribution in [0.5, 0.6) is 11.5 Å². The van der Waals surface area contributed by atoms with Crippen LogP contribution in [0.4, 0.5) is 0 Å². The number of carbonyl (C=O) groups is 3. The molecule has 5 rings (SSSR count). The van der Waals surface area contributed by atoms with E-state index < -0.39 is 5.97 Å². The zero-order valence-corrected chi connectivity index (χ0v) is 25.2. The first-order chi connectivity index (χ1) is 20.8. The van der Waals surface area contributed by atoms with E-state index in [4.69, 9.17) is 18.9 Å². The average Bonchev–Trinajstić information content (AvgIpc) is 3.26. The highest BCUT2D eigenvalue weighted by atomic mass is 16.5. The Hall–Kier alpha value is -3.93. The summed E-state index contributed by atoms with van der Waals surface area (Å²) in [6.07, 6.45) is 0.110. The van der Waals surface area contributed by atoms with E-state index in [0.29, 0.717) is 50.7 Å². The highest BCUT2D eigenvalue weighted by Crippen LogP contribution is 2.29. The Kier molecular flexibility index (Phi) is 9.96. The molecule has 1 aromatic heterocycles. The number of nitrogens with zero attached hydrogens (tertiary/aromatic N) is 4. The molecule has 0 radical (unpaired) electrons. The molecule has 3 heterocycles. The number of benzene rings is 2. The Labute approximate surface area is 251 Å². The van der Waals surface area contributed by atoms with Gasteiger partial charge in [-0.3, -0.25) is 19.4 Å². The van der Waals surface area contributed by atoms with Crippen LogP contribution in [0.15, 0.2) is 42.5 Å². The standard InChI is InChI=1S/C32H40N4O7/c1-23-27(28-20-26(40-3)8-9-29(28)33(23)2)21-31(38)43-25-6-4-24(5-7-25)32(39)42-19-14-34-10-12-35(13-11-34)22-30(37)36-15-17-41-18-16-36/h4-9,20H,10-19,21-22H2,1-3H3. The molecule has 2 fully saturated rings. The third-order valence-electron chi connectivity index (χ3n) is 8.30. The number of hydrogen-bond acceptors (Lipinski definition) is 9. The van der Waals surface area contributed by atoms with E-state index in [9.17, 15) is 14.4 Å². The fourth-order valence-corrected chi connectivity index (χ4v) is 5.57. The van der Waals surface area contributed by atoms with Crippen molar-refractivity contribution in [3.8, 4) is 11.5 Å². The Bertz CT molecular complexity index is 1440. The van der Waals surface area contributed by atoms with Gasteiger partial charge in [-0.15, -0.1) is 0 Å². The van der Waals surface area contributed by atoms with Gasteiger partial charge in [-0.05, 0) is 55.0 Å². The molecule has 43 heavy (non-hydrogen) atoms. The van der Waals surface area contributed by atoms with Crippen LogP contribution < -0.4 is 9.47 Å². The van der Waals surface area contributed by atoms with Gasteiger partial charge in [-0.2, -0.15) is 0 Å². The molecule has 3 aromatic rings. The van der Waals surface area contributed by atoms with Crippen LogP contribution in [0.25, 0.3) is 10.9 Å². The normalized spacial score (nSPS) is 16.3. The van der Waals surface area contributed by atoms with Gasteiger partial charge < -0.3 is 28.4 Å². The van der Waals surface area contributed by atoms with Gasteiger partial charge in [0.15, 0.2) is 0 Å². The van der Waals surface area contributed by atoms with Crippen LogP contribution in [0.3, 0.4) is 0 Å². The van der Waals surface area contributed by atoms with Crippen LogP contribution in [0, 0.1) is 6.92 Å². The lowest BCUT2D eigenvalue weighted by Gasteiger charge is -2.35. The second-order valence-corrected chi connectivity index (χ2v) is 10.9. The molecule has 0 unspecified atom stereocenters. The number of amides is 1. The summed E-state index contributed by atoms with van der Waals surface area (Å²) in [4.78, 5) is 44.2. The van der Waals surface area contributed by atoms with Gasteiger partial charge in [-0.25, -0.2) is 4.79 Å². The number of methoxy groups -OCH3 is 1. The predicted molar refractivity (Wildman–Crippen MR) is 161 cm³/mol. The van der Waals surface area contributed by atoms with Crippen molar-refractivity contribution in [1.29, 1.82) is 0 Å². The molecule has 2 aromatic carbocycles. The Balaban J connectivity index is 1.04. The van der Waals surface area contributed by atoms with Crippen molar-refractivity contribution >= 4 is 28.7 Å². The van der Waals surface area contributed by atoms with Crippen LogP contribution in [0.2, 0.25) is 0 Å². The lowest BCUT2D eigenvalue weighted by molar-refractivity contribution is -0.137. The zero-order valence-electron chi connectivity index (χ0n) is 25.2. The van der Waals surface area contributed by atoms with Crippen LogP contribution >= 0.6 is 0 Å². The van der Waals surface area contributed by atoms with Gasteiger partial charge in [0.2, 0.25) is 5.91 Å². The summed E-state index contributed by atoms with van der Waals surface area (Å²) in [6, 6.07) is 12.2. The van der Waals surface area contributed by atoms with E-state index in [0.717, 1.165) is 54.1 Å². The molecule has 2 aliphatic heterocycles. The molecule has 0 aliphatic carbocycles. The number of fused-ring (bicyclic) bond motifs is 1. The minimum Gasteiger partial charge on any atom is -0.497 e. The van der Waals surface area contributed by atoms with Gasteiger partial charge in [0.25, 0.3) is 0 Å². The fourth-order valence-electron chi connectivity index (χ4n) is 5.57. The van der Waals surface area contributed by atoms with E-state index in [-0.39, 0.29) is 24.9 Å². The first-order valence-electron chi connectivity index (χ1n) is 14.7. The first kappa shape index (κ1) is 30.5. The quantitative estimate of drug-likeness (QED) is 0.259. The lowest BCUT2D eigenvalue weighted by Crippen LogP contribution is -2.52. The first-order valence-corrected chi connectivity index (χ1v) is 14.7. The van der Waals surface area contributed by atoms with Gasteiger partial charge in [-0.1, -0.05) is 0 Å². The van der Waals surface area contributed by atoms with Crippen LogP contribution in [0.1, 0.15) is 21.6 Å². The number of hydrogen-bond donors (Lipinski definition) is 0. The largest absolute Gasteiger partial charge is 0.497 e. The minimum absolute atomic E-state index is 0.110. The number of ether oxygens (including phenoxy) is 4. The number of morpholine rings is 1. The monoisotopic (exact) mass is 592 g/mol. The predicted octanol–water partition coefficient (Wildman–Crippen LogP) is 2.28. The van der Waals surface area contributed by atoms with E-state index in [1.165, 1.54) is 0 Å². The number of esters is 2. The molecule has 0 bridgehead atoms. The molecule has 2 aliphatic rings. The van der Waals surface area contributed by atoms with E-state index >= 15 is 0 Å². The van der Waals surface area contributed by atoms with Gasteiger partial charge in [0.05, 0.1) is 38.9 Å². The molecular weight excluding hydrogens is 552 g/mol. The highest BCUT2D eigenvalue weighted by molar-refractivity contribution is 5.91. The molecule has 0 N–H and O–H groups in total. The van der Waals surface area contributed by atoms with Crippen LogP contribution in [-0.4, -0.2) is 116 Å². The molecule has 1 amide bonds. The lowest BCUT2D eigenvalue weighted by atomic mass is 10.1. The Morgan fingerprint density at radius 3 is 2.26 bits per heavy atom. The maximum atomic E-state index is 12.8. The average molecular weight is 593 g/mol. The molecular formula is C32H40N4O7. The molecule has 11 heteroatoms. The van der Waals surface area contributed by atoms with Crippen molar-refractivity contribution in [3.05, 3.63) is 59.3 Å². The number of aromatic nitrogens is 1. The van der Waals surface area contributed by atoms with Gasteiger partial charge in [0, 0.05) is 69.5 Å². The van der Waals surface area contributed by atoms with E-state index in [2.05, 4.69) is 9.80 Å². The second-order valence-electron chi connectivity index (χ2n) is 10.9. The number of piperazine rings is 1. The van der Waals surface area contributed by atoms with Crippen LogP contribution in [-0.2, 0) is 32.5 Å². The van der Waals surface area contributed by atoms with Gasteiger partial charge in [0.1, 0.15) is 18.1 Å². The SMILES string of the molecule is COc1ccc2c(c1)c(CC(=O)Oc1ccc(C(=O)OCCN3CCN(CC(=O)N4CCOCC4)CC3)cc1)c(C)n2C. The molecule has 230 valence electrons. The van der Waals surface area contributed by atoms with Crippen molar-refractivity contribution in [2.45, 2.75) is 13.3 Å². The van der Waals surface area contributed by atoms with E-state index in [1.54, 1.807) is 31.4 Å². The van der Waals surface area contributed by atoms with Crippen molar-refractivity contribution in [2.24, 2.45) is 7.05 Å². The summed E-state index contributed by atoms with van der Waals surface area (Å²) in [5, 5.41) is 0.954. The summed E-state index contributed by atoms with van der Waals surface area (Å²) < 4.78 is 23.8. The fraction of sp³-hybridized carbons (Fsp3) is 0.469. The van der Waals surface area contributed by atoms with Crippen molar-refractivity contribution < 1.29 is 33.3 Å². The summed E-state index contributed by atoms with van der Waals surface area (Å²) in [7, 11) is 3.58. The smallest absolute Gasteiger partial charge is 0.338 e. The zero-order chi connectivity index (χ0) is 30.3. The number of rotatable bonds is 10. The maximum absolute atomic E-state index is 12.8. The Morgan fingerprint density at radius 2 is 1.56 bits per heavy atom. The Morgan fingerprint density at radius 1 is 0.884 bits per heavy atom. The molecule has 0 atom stereocenters. The number of aryl methyl sites for hydroxylation is 1. The topological polar surface area (TPSA) is 103 Å². The summed E-state index contributed by atoms with van der Waals surface area (Å²) in [6.45, 7) is 9.12. The third kappa shape index (κ3) is 7.54. The molecule has 0 spiro atoms. The second kappa shape index (κ2) is 14.0. The minimum atomic E-state index is -0.423. The molecule has 11 nitrogen and oxygen atoms in total. The summed E-state index contributed by atoms with van der Waals surface area (Å²) in [5.74, 6) is 0.437. The van der Waals surface area contributed by atoms with Gasteiger partial charge >= 0.3 is 11.9 Å². The third-order valence-corrected chi connectivity index (χ3v) is 8.30. The number of carbonyl (C=O) groups excluding carboxylic acids is 3. The van der Waals surface area contributed by atoms with Crippen molar-refractivity contribution in [3.63, 3.8) is 0 Å². The highest BCUT2D eigenvalue weighted by Gasteiger charge is 2.23. The summed E-state index contributed by atoms with van der Waals surface area (Å²) >= 11 is 0. The van der Waals surface area contributed by atoms with Crippen molar-refractivity contribution in [2.75, 3.05) is 79.3 Å². The molecule has 2 saturated heterocycles. The van der Waals surface area contributed by atoms with E-state index in [1.807, 2.05) is 41.6 Å². The molecule has 0 saturated carbocycles. The maximum Gasteiger partial charge on any atom is 0.338 e.